The number of carbonyl (C=O) groups is 1. The van der Waals surface area contributed by atoms with Crippen LogP contribution in [0.4, 0.5) is 0 Å². The third-order valence-corrected chi connectivity index (χ3v) is 5.13. The Labute approximate surface area is 144 Å². The normalized spacial score (nSPS) is 15.8. The molecule has 23 heavy (non-hydrogen) atoms. The second-order valence-corrected chi connectivity index (χ2v) is 7.08. The lowest BCUT2D eigenvalue weighted by Gasteiger charge is -2.30. The first-order valence-corrected chi connectivity index (χ1v) is 8.95. The van der Waals surface area contributed by atoms with Crippen LogP contribution in [0, 0.1) is 5.92 Å². The summed E-state index contributed by atoms with van der Waals surface area (Å²) in [6.07, 6.45) is 2.16. The summed E-state index contributed by atoms with van der Waals surface area (Å²) < 4.78 is 1.62. The number of piperidine rings is 1. The number of nitrogens with zero attached hydrogens (tertiary/aromatic N) is 5. The van der Waals surface area contributed by atoms with E-state index in [0.717, 1.165) is 31.6 Å². The van der Waals surface area contributed by atoms with Crippen molar-refractivity contribution in [3.05, 3.63) is 29.3 Å². The summed E-state index contributed by atoms with van der Waals surface area (Å²) in [4.78, 5) is 14.2. The molecule has 0 aliphatic carbocycles. The Morgan fingerprint density at radius 3 is 2.70 bits per heavy atom. The Balaban J connectivity index is 1.62. The van der Waals surface area contributed by atoms with E-state index < -0.39 is 0 Å². The Hall–Kier alpha value is -1.60. The van der Waals surface area contributed by atoms with Crippen molar-refractivity contribution in [2.75, 3.05) is 18.8 Å². The smallest absolute Gasteiger partial charge is 0.233 e. The molecule has 122 valence electrons. The molecular formula is C15H18ClN5OS. The highest BCUT2D eigenvalue weighted by atomic mass is 35.5. The molecule has 0 radical (unpaired) electrons. The summed E-state index contributed by atoms with van der Waals surface area (Å²) in [5.41, 5.74) is 0.821. The number of tetrazole rings is 1. The number of hydrogen-bond acceptors (Lipinski definition) is 5. The topological polar surface area (TPSA) is 63.9 Å². The molecule has 2 aromatic rings. The fraction of sp³-hybridized carbons (Fsp3) is 0.467. The summed E-state index contributed by atoms with van der Waals surface area (Å²) in [6, 6.07) is 7.26. The van der Waals surface area contributed by atoms with E-state index in [4.69, 9.17) is 11.6 Å². The van der Waals surface area contributed by atoms with E-state index >= 15 is 0 Å². The summed E-state index contributed by atoms with van der Waals surface area (Å²) in [5.74, 6) is 1.21. The van der Waals surface area contributed by atoms with E-state index in [9.17, 15) is 4.79 Å². The fourth-order valence-corrected chi connectivity index (χ4v) is 3.41. The van der Waals surface area contributed by atoms with Gasteiger partial charge in [0, 0.05) is 18.1 Å². The molecule has 0 atom stereocenters. The van der Waals surface area contributed by atoms with Gasteiger partial charge in [-0.2, -0.15) is 4.68 Å². The maximum absolute atomic E-state index is 12.3. The van der Waals surface area contributed by atoms with Gasteiger partial charge in [0.15, 0.2) is 0 Å². The molecule has 8 heteroatoms. The SMILES string of the molecule is CC1CCN(C(=O)CSc2nnnn2-c2ccc(Cl)cc2)CC1. The first kappa shape index (κ1) is 16.3. The highest BCUT2D eigenvalue weighted by molar-refractivity contribution is 7.99. The number of thioether (sulfide) groups is 1. The third-order valence-electron chi connectivity index (χ3n) is 3.97. The van der Waals surface area contributed by atoms with E-state index in [1.54, 1.807) is 16.8 Å². The molecule has 0 unspecified atom stereocenters. The van der Waals surface area contributed by atoms with E-state index in [-0.39, 0.29) is 5.91 Å². The number of rotatable bonds is 4. The molecule has 0 N–H and O–H groups in total. The molecule has 3 rings (SSSR count). The molecule has 0 bridgehead atoms. The molecule has 1 fully saturated rings. The zero-order valence-corrected chi connectivity index (χ0v) is 14.4. The fourth-order valence-electron chi connectivity index (χ4n) is 2.49. The van der Waals surface area contributed by atoms with Crippen LogP contribution in [0.2, 0.25) is 5.02 Å². The van der Waals surface area contributed by atoms with Crippen molar-refractivity contribution in [1.29, 1.82) is 0 Å². The van der Waals surface area contributed by atoms with Gasteiger partial charge < -0.3 is 4.90 Å². The quantitative estimate of drug-likeness (QED) is 0.792. The van der Waals surface area contributed by atoms with Gasteiger partial charge in [-0.25, -0.2) is 0 Å². The largest absolute Gasteiger partial charge is 0.342 e. The van der Waals surface area contributed by atoms with Gasteiger partial charge in [-0.1, -0.05) is 30.3 Å². The lowest BCUT2D eigenvalue weighted by Crippen LogP contribution is -2.38. The lowest BCUT2D eigenvalue weighted by atomic mass is 9.99. The molecule has 1 saturated heterocycles. The van der Waals surface area contributed by atoms with E-state index in [1.165, 1.54) is 11.8 Å². The first-order chi connectivity index (χ1) is 11.1. The van der Waals surface area contributed by atoms with Gasteiger partial charge in [-0.15, -0.1) is 5.10 Å². The van der Waals surface area contributed by atoms with Gasteiger partial charge in [0.05, 0.1) is 11.4 Å². The highest BCUT2D eigenvalue weighted by Crippen LogP contribution is 2.21. The Kier molecular flexibility index (Phi) is 5.17. The van der Waals surface area contributed by atoms with Crippen molar-refractivity contribution in [1.82, 2.24) is 25.1 Å². The maximum atomic E-state index is 12.3. The molecule has 1 aliphatic heterocycles. The Morgan fingerprint density at radius 2 is 2.00 bits per heavy atom. The lowest BCUT2D eigenvalue weighted by molar-refractivity contribution is -0.129. The van der Waals surface area contributed by atoms with Crippen LogP contribution in [0.5, 0.6) is 0 Å². The molecule has 1 aromatic heterocycles. The predicted molar refractivity (Wildman–Crippen MR) is 89.9 cm³/mol. The van der Waals surface area contributed by atoms with Crippen molar-refractivity contribution < 1.29 is 4.79 Å². The minimum Gasteiger partial charge on any atom is -0.342 e. The summed E-state index contributed by atoms with van der Waals surface area (Å²) >= 11 is 7.25. The molecule has 0 saturated carbocycles. The van der Waals surface area contributed by atoms with Crippen LogP contribution < -0.4 is 0 Å². The van der Waals surface area contributed by atoms with Crippen LogP contribution in [-0.2, 0) is 4.79 Å². The minimum atomic E-state index is 0.146. The number of carbonyl (C=O) groups excluding carboxylic acids is 1. The molecule has 6 nitrogen and oxygen atoms in total. The Bertz CT molecular complexity index is 667. The molecule has 0 spiro atoms. The molecular weight excluding hydrogens is 334 g/mol. The van der Waals surface area contributed by atoms with E-state index in [2.05, 4.69) is 22.4 Å². The zero-order valence-electron chi connectivity index (χ0n) is 12.9. The number of likely N-dealkylation sites (tertiary alicyclic amines) is 1. The molecule has 1 amide bonds. The van der Waals surface area contributed by atoms with Gasteiger partial charge in [0.2, 0.25) is 11.1 Å². The summed E-state index contributed by atoms with van der Waals surface area (Å²) in [5, 5.41) is 13.0. The predicted octanol–water partition coefficient (Wildman–Crippen LogP) is 2.67. The second-order valence-electron chi connectivity index (χ2n) is 5.70. The number of aromatic nitrogens is 4. The van der Waals surface area contributed by atoms with Crippen LogP contribution in [0.25, 0.3) is 5.69 Å². The third kappa shape index (κ3) is 4.03. The zero-order chi connectivity index (χ0) is 16.2. The van der Waals surface area contributed by atoms with Crippen LogP contribution in [-0.4, -0.2) is 49.9 Å². The van der Waals surface area contributed by atoms with E-state index in [0.29, 0.717) is 21.8 Å². The summed E-state index contributed by atoms with van der Waals surface area (Å²) in [7, 11) is 0. The summed E-state index contributed by atoms with van der Waals surface area (Å²) in [6.45, 7) is 3.93. The van der Waals surface area contributed by atoms with Gasteiger partial charge in [0.25, 0.3) is 0 Å². The number of amides is 1. The number of halogens is 1. The molecule has 1 aliphatic rings. The number of hydrogen-bond donors (Lipinski definition) is 0. The van der Waals surface area contributed by atoms with Crippen LogP contribution in [0.15, 0.2) is 29.4 Å². The van der Waals surface area contributed by atoms with E-state index in [1.807, 2.05) is 17.0 Å². The van der Waals surface area contributed by atoms with Crippen LogP contribution >= 0.6 is 23.4 Å². The van der Waals surface area contributed by atoms with Crippen molar-refractivity contribution >= 4 is 29.3 Å². The molecule has 2 heterocycles. The first-order valence-electron chi connectivity index (χ1n) is 7.58. The van der Waals surface area contributed by atoms with Crippen molar-refractivity contribution in [3.63, 3.8) is 0 Å². The standard InChI is InChI=1S/C15H18ClN5OS/c1-11-6-8-20(9-7-11)14(22)10-23-15-17-18-19-21(15)13-4-2-12(16)3-5-13/h2-5,11H,6-10H2,1H3. The number of benzene rings is 1. The highest BCUT2D eigenvalue weighted by Gasteiger charge is 2.21. The second kappa shape index (κ2) is 7.31. The van der Waals surface area contributed by atoms with Crippen LogP contribution in [0.3, 0.4) is 0 Å². The van der Waals surface area contributed by atoms with Gasteiger partial charge in [0.1, 0.15) is 0 Å². The van der Waals surface area contributed by atoms with Crippen molar-refractivity contribution in [2.45, 2.75) is 24.9 Å². The Morgan fingerprint density at radius 1 is 1.30 bits per heavy atom. The molecule has 1 aromatic carbocycles. The van der Waals surface area contributed by atoms with Gasteiger partial charge in [-0.05, 0) is 53.5 Å². The monoisotopic (exact) mass is 351 g/mol. The van der Waals surface area contributed by atoms with Gasteiger partial charge >= 0.3 is 0 Å². The average molecular weight is 352 g/mol. The average Bonchev–Trinajstić information content (AvgIpc) is 3.02. The minimum absolute atomic E-state index is 0.146. The van der Waals surface area contributed by atoms with Gasteiger partial charge in [-0.3, -0.25) is 4.79 Å². The van der Waals surface area contributed by atoms with Crippen molar-refractivity contribution in [2.24, 2.45) is 5.92 Å². The maximum Gasteiger partial charge on any atom is 0.233 e. The van der Waals surface area contributed by atoms with Crippen LogP contribution in [0.1, 0.15) is 19.8 Å². The van der Waals surface area contributed by atoms with Crippen molar-refractivity contribution in [3.8, 4) is 5.69 Å².